The lowest BCUT2D eigenvalue weighted by atomic mass is 9.75. The Morgan fingerprint density at radius 1 is 1.35 bits per heavy atom. The van der Waals surface area contributed by atoms with Gasteiger partial charge in [0.15, 0.2) is 0 Å². The van der Waals surface area contributed by atoms with Crippen LogP contribution in [0.5, 0.6) is 5.75 Å². The van der Waals surface area contributed by atoms with Crippen molar-refractivity contribution in [2.45, 2.75) is 46.0 Å². The Morgan fingerprint density at radius 2 is 2.04 bits per heavy atom. The number of aliphatic carboxylic acids is 1. The van der Waals surface area contributed by atoms with Crippen molar-refractivity contribution in [1.29, 1.82) is 0 Å². The van der Waals surface area contributed by atoms with Crippen molar-refractivity contribution in [2.75, 3.05) is 6.61 Å². The van der Waals surface area contributed by atoms with Crippen LogP contribution in [0.25, 0.3) is 11.6 Å². The molecule has 0 aromatic heterocycles. The second-order valence-electron chi connectivity index (χ2n) is 6.31. The minimum Gasteiger partial charge on any atom is -0.493 e. The van der Waals surface area contributed by atoms with Crippen molar-refractivity contribution in [3.05, 3.63) is 40.7 Å². The first-order valence-electron chi connectivity index (χ1n) is 7.92. The predicted molar refractivity (Wildman–Crippen MR) is 90.2 cm³/mol. The van der Waals surface area contributed by atoms with E-state index >= 15 is 0 Å². The summed E-state index contributed by atoms with van der Waals surface area (Å²) in [4.78, 5) is 11.0. The van der Waals surface area contributed by atoms with Crippen molar-refractivity contribution >= 4 is 17.6 Å². The maximum atomic E-state index is 14.1. The van der Waals surface area contributed by atoms with Gasteiger partial charge in [0.2, 0.25) is 5.83 Å². The molecule has 0 bridgehead atoms. The molecule has 0 radical (unpaired) electrons. The van der Waals surface area contributed by atoms with E-state index in [4.69, 9.17) is 9.84 Å². The number of allylic oxidation sites excluding steroid dienone is 2. The number of ether oxygens (including phenoxy) is 1. The largest absolute Gasteiger partial charge is 0.493 e. The zero-order valence-corrected chi connectivity index (χ0v) is 14.1. The fourth-order valence-electron chi connectivity index (χ4n) is 3.01. The van der Waals surface area contributed by atoms with Crippen LogP contribution in [0.1, 0.15) is 57.2 Å². The highest BCUT2D eigenvalue weighted by molar-refractivity contribution is 5.95. The molecule has 1 aromatic rings. The molecule has 0 unspecified atom stereocenters. The first-order valence-corrected chi connectivity index (χ1v) is 7.92. The van der Waals surface area contributed by atoms with Gasteiger partial charge < -0.3 is 9.84 Å². The van der Waals surface area contributed by atoms with Gasteiger partial charge in [-0.25, -0.2) is 4.79 Å². The number of halogens is 1. The molecule has 4 heteroatoms. The van der Waals surface area contributed by atoms with Crippen LogP contribution in [-0.2, 0) is 10.2 Å². The van der Waals surface area contributed by atoms with Crippen LogP contribution in [0, 0.1) is 0 Å². The van der Waals surface area contributed by atoms with E-state index in [1.807, 2.05) is 25.1 Å². The van der Waals surface area contributed by atoms with Crippen LogP contribution < -0.4 is 4.74 Å². The molecule has 0 heterocycles. The summed E-state index contributed by atoms with van der Waals surface area (Å²) >= 11 is 0. The molecular formula is C19H23FO3. The van der Waals surface area contributed by atoms with E-state index in [-0.39, 0.29) is 17.4 Å². The number of carboxylic acid groups (broad SMARTS) is 1. The highest BCUT2D eigenvalue weighted by Crippen LogP contribution is 2.41. The first kappa shape index (κ1) is 17.3. The average molecular weight is 318 g/mol. The van der Waals surface area contributed by atoms with Gasteiger partial charge in [-0.15, -0.1) is 0 Å². The quantitative estimate of drug-likeness (QED) is 0.781. The van der Waals surface area contributed by atoms with Gasteiger partial charge in [0.25, 0.3) is 0 Å². The van der Waals surface area contributed by atoms with E-state index in [0.29, 0.717) is 17.9 Å². The highest BCUT2D eigenvalue weighted by atomic mass is 19.1. The SMILES string of the molecule is CCOc1cc2c(cc1/C(CC)=C(/F)C(=O)O)C=CCC2(C)C. The van der Waals surface area contributed by atoms with E-state index in [0.717, 1.165) is 17.5 Å². The monoisotopic (exact) mass is 318 g/mol. The fourth-order valence-corrected chi connectivity index (χ4v) is 3.01. The number of rotatable bonds is 5. The van der Waals surface area contributed by atoms with Gasteiger partial charge in [0.1, 0.15) is 5.75 Å². The molecule has 0 fully saturated rings. The van der Waals surface area contributed by atoms with Gasteiger partial charge in [-0.3, -0.25) is 0 Å². The normalized spacial score (nSPS) is 16.6. The summed E-state index contributed by atoms with van der Waals surface area (Å²) in [6, 6.07) is 3.78. The van der Waals surface area contributed by atoms with Gasteiger partial charge in [-0.2, -0.15) is 4.39 Å². The molecule has 1 N–H and O–H groups in total. The molecule has 0 saturated carbocycles. The van der Waals surface area contributed by atoms with E-state index in [1.165, 1.54) is 0 Å². The lowest BCUT2D eigenvalue weighted by Crippen LogP contribution is -2.20. The summed E-state index contributed by atoms with van der Waals surface area (Å²) in [5, 5.41) is 9.00. The van der Waals surface area contributed by atoms with Crippen molar-refractivity contribution < 1.29 is 19.0 Å². The van der Waals surface area contributed by atoms with Gasteiger partial charge >= 0.3 is 5.97 Å². The van der Waals surface area contributed by atoms with Gasteiger partial charge in [0.05, 0.1) is 6.61 Å². The second kappa shape index (κ2) is 6.57. The maximum Gasteiger partial charge on any atom is 0.365 e. The third-order valence-electron chi connectivity index (χ3n) is 4.24. The van der Waals surface area contributed by atoms with E-state index < -0.39 is 11.8 Å². The minimum atomic E-state index is -1.54. The van der Waals surface area contributed by atoms with Crippen LogP contribution in [0.15, 0.2) is 24.0 Å². The summed E-state index contributed by atoms with van der Waals surface area (Å²) in [5.74, 6) is -2.12. The minimum absolute atomic E-state index is 0.0318. The molecule has 0 amide bonds. The standard InChI is InChI=1S/C19H23FO3/c1-5-13(17(20)18(21)22)14-10-12-8-7-9-19(3,4)15(12)11-16(14)23-6-2/h7-8,10-11H,5-6,9H2,1-4H3,(H,21,22)/b17-13+. The Morgan fingerprint density at radius 3 is 2.61 bits per heavy atom. The summed E-state index contributed by atoms with van der Waals surface area (Å²) < 4.78 is 19.8. The molecular weight excluding hydrogens is 295 g/mol. The van der Waals surface area contributed by atoms with Crippen molar-refractivity contribution in [2.24, 2.45) is 0 Å². The second-order valence-corrected chi connectivity index (χ2v) is 6.31. The topological polar surface area (TPSA) is 46.5 Å². The Bertz CT molecular complexity index is 684. The van der Waals surface area contributed by atoms with Crippen molar-refractivity contribution in [3.8, 4) is 5.75 Å². The Balaban J connectivity index is 2.72. The maximum absolute atomic E-state index is 14.1. The molecule has 1 aromatic carbocycles. The van der Waals surface area contributed by atoms with Crippen molar-refractivity contribution in [1.82, 2.24) is 0 Å². The number of benzene rings is 1. The molecule has 23 heavy (non-hydrogen) atoms. The fraction of sp³-hybridized carbons (Fsp3) is 0.421. The van der Waals surface area contributed by atoms with Crippen LogP contribution >= 0.6 is 0 Å². The molecule has 0 spiro atoms. The summed E-state index contributed by atoms with van der Waals surface area (Å²) in [7, 11) is 0. The Kier molecular flexibility index (Phi) is 4.93. The predicted octanol–water partition coefficient (Wildman–Crippen LogP) is 4.96. The Labute approximate surface area is 136 Å². The van der Waals surface area contributed by atoms with E-state index in [1.54, 1.807) is 6.92 Å². The Hall–Kier alpha value is -2.10. The molecule has 2 rings (SSSR count). The third kappa shape index (κ3) is 3.31. The lowest BCUT2D eigenvalue weighted by Gasteiger charge is -2.30. The van der Waals surface area contributed by atoms with Gasteiger partial charge in [0, 0.05) is 11.1 Å². The zero-order chi connectivity index (χ0) is 17.2. The van der Waals surface area contributed by atoms with Crippen molar-refractivity contribution in [3.63, 3.8) is 0 Å². The highest BCUT2D eigenvalue weighted by Gasteiger charge is 2.28. The van der Waals surface area contributed by atoms with Crippen LogP contribution in [0.3, 0.4) is 0 Å². The van der Waals surface area contributed by atoms with Crippen LogP contribution in [-0.4, -0.2) is 17.7 Å². The number of fused-ring (bicyclic) bond motifs is 1. The number of carboxylic acids is 1. The molecule has 3 nitrogen and oxygen atoms in total. The number of carbonyl (C=O) groups is 1. The summed E-state index contributed by atoms with van der Waals surface area (Å²) in [5.41, 5.74) is 2.79. The van der Waals surface area contributed by atoms with E-state index in [2.05, 4.69) is 19.9 Å². The van der Waals surface area contributed by atoms with Crippen LogP contribution in [0.4, 0.5) is 4.39 Å². The summed E-state index contributed by atoms with van der Waals surface area (Å²) in [6.45, 7) is 8.34. The van der Waals surface area contributed by atoms with Crippen LogP contribution in [0.2, 0.25) is 0 Å². The lowest BCUT2D eigenvalue weighted by molar-refractivity contribution is -0.134. The molecule has 0 saturated heterocycles. The average Bonchev–Trinajstić information content (AvgIpc) is 2.48. The first-order chi connectivity index (χ1) is 10.8. The van der Waals surface area contributed by atoms with Gasteiger partial charge in [-0.05, 0) is 48.4 Å². The number of hydrogen-bond acceptors (Lipinski definition) is 2. The molecule has 0 atom stereocenters. The van der Waals surface area contributed by atoms with E-state index in [9.17, 15) is 9.18 Å². The molecule has 1 aliphatic carbocycles. The van der Waals surface area contributed by atoms with Gasteiger partial charge in [-0.1, -0.05) is 32.9 Å². The summed E-state index contributed by atoms with van der Waals surface area (Å²) in [6.07, 6.45) is 5.30. The molecule has 124 valence electrons. The molecule has 1 aliphatic rings. The number of hydrogen-bond donors (Lipinski definition) is 1. The smallest absolute Gasteiger partial charge is 0.365 e. The molecule has 0 aliphatic heterocycles. The zero-order valence-electron chi connectivity index (χ0n) is 14.1. The third-order valence-corrected chi connectivity index (χ3v) is 4.24.